The third-order valence-corrected chi connectivity index (χ3v) is 18.9. The molecule has 232 valence electrons. The molecule has 2 rings (SSSR count). The van der Waals surface area contributed by atoms with E-state index in [1.54, 1.807) is 6.92 Å². The molecule has 0 saturated heterocycles. The number of hydrogen-bond donors (Lipinski definition) is 0. The van der Waals surface area contributed by atoms with Crippen LogP contribution in [0.15, 0.2) is 11.6 Å². The van der Waals surface area contributed by atoms with E-state index in [4.69, 9.17) is 13.6 Å². The van der Waals surface area contributed by atoms with Crippen molar-refractivity contribution in [2.24, 2.45) is 23.7 Å². The van der Waals surface area contributed by atoms with Gasteiger partial charge in [-0.05, 0) is 74.3 Å². The summed E-state index contributed by atoms with van der Waals surface area (Å²) in [6.07, 6.45) is 7.09. The Morgan fingerprint density at radius 3 is 2.22 bits per heavy atom. The SMILES string of the molecule is CCC#CC[C@H](C)[C@@H](C#C[C@H]1[C@H](O[Si](C)(C)C(C)(C)C)CC2C/C(=C\COCC(C)=O)C[C@@H]21)O[Si](C)(C)C(C)(C)C. The lowest BCUT2D eigenvalue weighted by atomic mass is 9.91. The molecule has 0 heterocycles. The van der Waals surface area contributed by atoms with Gasteiger partial charge in [0.25, 0.3) is 0 Å². The van der Waals surface area contributed by atoms with Gasteiger partial charge in [-0.15, -0.1) is 11.8 Å². The Bertz CT molecular complexity index is 1040. The summed E-state index contributed by atoms with van der Waals surface area (Å²) in [7, 11) is -3.97. The van der Waals surface area contributed by atoms with Gasteiger partial charge in [0.2, 0.25) is 0 Å². The van der Waals surface area contributed by atoms with E-state index in [0.29, 0.717) is 18.4 Å². The van der Waals surface area contributed by atoms with Gasteiger partial charge in [-0.2, -0.15) is 0 Å². The minimum atomic E-state index is -2.02. The van der Waals surface area contributed by atoms with Gasteiger partial charge in [-0.3, -0.25) is 4.79 Å². The first-order valence-corrected chi connectivity index (χ1v) is 21.7. The summed E-state index contributed by atoms with van der Waals surface area (Å²) in [4.78, 5) is 11.3. The van der Waals surface area contributed by atoms with Crippen LogP contribution in [0.25, 0.3) is 0 Å². The normalized spacial score (nSPS) is 25.6. The van der Waals surface area contributed by atoms with E-state index in [1.807, 2.05) is 0 Å². The smallest absolute Gasteiger partial charge is 0.193 e. The number of Topliss-reactive ketones (excluding diaryl/α,β-unsaturated/α-hetero) is 1. The Kier molecular flexibility index (Phi) is 12.8. The van der Waals surface area contributed by atoms with Gasteiger partial charge >= 0.3 is 0 Å². The number of carbonyl (C=O) groups is 1. The molecule has 6 atom stereocenters. The van der Waals surface area contributed by atoms with Crippen LogP contribution in [0.5, 0.6) is 0 Å². The van der Waals surface area contributed by atoms with Crippen molar-refractivity contribution in [2.75, 3.05) is 13.2 Å². The van der Waals surface area contributed by atoms with E-state index in [9.17, 15) is 4.79 Å². The number of ketones is 1. The largest absolute Gasteiger partial charge is 0.413 e. The number of rotatable bonds is 10. The Morgan fingerprint density at radius 2 is 1.66 bits per heavy atom. The third-order valence-electron chi connectivity index (χ3n) is 9.93. The summed E-state index contributed by atoms with van der Waals surface area (Å²) in [5.41, 5.74) is 1.44. The first kappa shape index (κ1) is 36.0. The fourth-order valence-corrected chi connectivity index (χ4v) is 7.92. The molecule has 0 bridgehead atoms. The van der Waals surface area contributed by atoms with Crippen molar-refractivity contribution in [1.82, 2.24) is 0 Å². The minimum Gasteiger partial charge on any atom is -0.413 e. The molecule has 1 unspecified atom stereocenters. The quantitative estimate of drug-likeness (QED) is 0.109. The van der Waals surface area contributed by atoms with Gasteiger partial charge in [0, 0.05) is 24.7 Å². The van der Waals surface area contributed by atoms with Gasteiger partial charge in [-0.1, -0.05) is 78.9 Å². The van der Waals surface area contributed by atoms with Gasteiger partial charge in [-0.25, -0.2) is 0 Å². The second-order valence-electron chi connectivity index (χ2n) is 15.6. The molecule has 2 fully saturated rings. The van der Waals surface area contributed by atoms with Crippen LogP contribution in [0, 0.1) is 47.4 Å². The van der Waals surface area contributed by atoms with Crippen molar-refractivity contribution in [2.45, 2.75) is 143 Å². The average molecular weight is 601 g/mol. The van der Waals surface area contributed by atoms with E-state index in [-0.39, 0.29) is 46.5 Å². The van der Waals surface area contributed by atoms with Gasteiger partial charge in [0.05, 0.1) is 12.7 Å². The number of ether oxygens (including phenoxy) is 1. The van der Waals surface area contributed by atoms with Crippen LogP contribution in [-0.4, -0.2) is 47.8 Å². The van der Waals surface area contributed by atoms with Gasteiger partial charge < -0.3 is 13.6 Å². The highest BCUT2D eigenvalue weighted by Crippen LogP contribution is 2.52. The zero-order valence-electron chi connectivity index (χ0n) is 28.6. The number of hydrogen-bond acceptors (Lipinski definition) is 4. The van der Waals surface area contributed by atoms with E-state index >= 15 is 0 Å². The molecule has 0 amide bonds. The Labute approximate surface area is 255 Å². The molecule has 4 nitrogen and oxygen atoms in total. The molecule has 0 aromatic carbocycles. The standard InChI is InChI=1S/C35H60O4Si2/c1-14-15-16-17-26(2)32(38-40(10,11)34(4,5)6)19-18-30-31-23-28(20-21-37-25-27(3)36)22-29(31)24-33(30)39-41(12,13)35(7,8)9/h20,26,29-33H,14,17,21-25H2,1-13H3/b28-20+/t26-,29?,30+,31-,32+,33+/m0/s1. The van der Waals surface area contributed by atoms with Crippen molar-refractivity contribution in [3.05, 3.63) is 11.6 Å². The van der Waals surface area contributed by atoms with Crippen molar-refractivity contribution in [1.29, 1.82) is 0 Å². The van der Waals surface area contributed by atoms with E-state index in [1.165, 1.54) is 5.57 Å². The predicted octanol–water partition coefficient (Wildman–Crippen LogP) is 8.79. The summed E-state index contributed by atoms with van der Waals surface area (Å²) >= 11 is 0. The lowest BCUT2D eigenvalue weighted by molar-refractivity contribution is -0.121. The molecule has 0 aliphatic heterocycles. The zero-order chi connectivity index (χ0) is 31.2. The number of allylic oxidation sites excluding steroid dienone is 1. The van der Waals surface area contributed by atoms with Crippen LogP contribution in [0.2, 0.25) is 36.3 Å². The fourth-order valence-electron chi connectivity index (χ4n) is 5.29. The highest BCUT2D eigenvalue weighted by atomic mass is 28.4. The van der Waals surface area contributed by atoms with Crippen molar-refractivity contribution in [3.63, 3.8) is 0 Å². The monoisotopic (exact) mass is 600 g/mol. The topological polar surface area (TPSA) is 44.8 Å². The summed E-state index contributed by atoms with van der Waals surface area (Å²) in [5.74, 6) is 15.7. The maximum absolute atomic E-state index is 11.3. The molecule has 2 saturated carbocycles. The van der Waals surface area contributed by atoms with Crippen LogP contribution in [0.3, 0.4) is 0 Å². The Balaban J connectivity index is 2.40. The molecule has 2 aliphatic rings. The van der Waals surface area contributed by atoms with E-state index < -0.39 is 16.6 Å². The van der Waals surface area contributed by atoms with E-state index in [0.717, 1.165) is 32.1 Å². The molecule has 0 spiro atoms. The molecule has 0 aromatic rings. The molecular weight excluding hydrogens is 541 g/mol. The second kappa shape index (κ2) is 14.5. The summed E-state index contributed by atoms with van der Waals surface area (Å²) < 4.78 is 19.6. The summed E-state index contributed by atoms with van der Waals surface area (Å²) in [5, 5.41) is 0.270. The third kappa shape index (κ3) is 10.2. The van der Waals surface area contributed by atoms with Crippen LogP contribution in [-0.2, 0) is 18.4 Å². The van der Waals surface area contributed by atoms with Crippen LogP contribution >= 0.6 is 0 Å². The molecule has 2 aliphatic carbocycles. The van der Waals surface area contributed by atoms with E-state index in [2.05, 4.69) is 111 Å². The number of fused-ring (bicyclic) bond motifs is 1. The Hall–Kier alpha value is -1.16. The lowest BCUT2D eigenvalue weighted by Gasteiger charge is -2.40. The molecular formula is C35H60O4Si2. The molecule has 41 heavy (non-hydrogen) atoms. The summed E-state index contributed by atoms with van der Waals surface area (Å²) in [6, 6.07) is 0. The predicted molar refractivity (Wildman–Crippen MR) is 178 cm³/mol. The molecule has 0 aromatic heterocycles. The zero-order valence-corrected chi connectivity index (χ0v) is 30.6. The van der Waals surface area contributed by atoms with Crippen molar-refractivity contribution in [3.8, 4) is 23.7 Å². The number of carbonyl (C=O) groups excluding carboxylic acids is 1. The van der Waals surface area contributed by atoms with Gasteiger partial charge in [0.1, 0.15) is 12.7 Å². The summed E-state index contributed by atoms with van der Waals surface area (Å²) in [6.45, 7) is 29.8. The van der Waals surface area contributed by atoms with Crippen LogP contribution in [0.1, 0.15) is 94.4 Å². The lowest BCUT2D eigenvalue weighted by Crippen LogP contribution is -2.45. The van der Waals surface area contributed by atoms with Gasteiger partial charge in [0.15, 0.2) is 22.4 Å². The first-order chi connectivity index (χ1) is 18.8. The first-order valence-electron chi connectivity index (χ1n) is 15.9. The molecule has 6 heteroatoms. The maximum Gasteiger partial charge on any atom is 0.193 e. The fraction of sp³-hybridized carbons (Fsp3) is 0.800. The second-order valence-corrected chi connectivity index (χ2v) is 25.1. The average Bonchev–Trinajstić information content (AvgIpc) is 3.34. The van der Waals surface area contributed by atoms with Crippen molar-refractivity contribution < 1.29 is 18.4 Å². The van der Waals surface area contributed by atoms with Crippen LogP contribution < -0.4 is 0 Å². The van der Waals surface area contributed by atoms with Crippen molar-refractivity contribution >= 4 is 22.4 Å². The maximum atomic E-state index is 11.3. The minimum absolute atomic E-state index is 0.0667. The Morgan fingerprint density at radius 1 is 1.02 bits per heavy atom. The highest BCUT2D eigenvalue weighted by molar-refractivity contribution is 6.74. The molecule has 0 N–H and O–H groups in total. The molecule has 0 radical (unpaired) electrons. The highest BCUT2D eigenvalue weighted by Gasteiger charge is 2.50. The van der Waals surface area contributed by atoms with Crippen LogP contribution in [0.4, 0.5) is 0 Å².